The molecule has 4 heterocycles. The topological polar surface area (TPSA) is 114 Å². The standard InChI is InChI=1S/C19H19N3O6/c23-9-14-3-2-13(27-14)8-22-7-12(24)6-15(22)19-20-18(21-28-19)11-1-4-16-17(5-11)26-10-25-16/h1-5,12,15,23-24H,6-10H2/t12-,15+/m1/s1. The van der Waals surface area contributed by atoms with E-state index in [2.05, 4.69) is 10.1 Å². The second-order valence-electron chi connectivity index (χ2n) is 6.89. The van der Waals surface area contributed by atoms with Crippen LogP contribution in [-0.2, 0) is 13.2 Å². The van der Waals surface area contributed by atoms with E-state index in [0.717, 1.165) is 5.56 Å². The summed E-state index contributed by atoms with van der Waals surface area (Å²) in [6.07, 6.45) is 0.00856. The Hall–Kier alpha value is -2.88. The molecule has 0 bridgehead atoms. The molecule has 0 unspecified atom stereocenters. The molecule has 1 saturated heterocycles. The minimum absolute atomic E-state index is 0.144. The molecule has 9 nitrogen and oxygen atoms in total. The molecule has 2 N–H and O–H groups in total. The largest absolute Gasteiger partial charge is 0.462 e. The van der Waals surface area contributed by atoms with Crippen molar-refractivity contribution in [2.45, 2.75) is 31.7 Å². The number of aromatic nitrogens is 2. The summed E-state index contributed by atoms with van der Waals surface area (Å²) in [5.41, 5.74) is 0.767. The molecular weight excluding hydrogens is 366 g/mol. The lowest BCUT2D eigenvalue weighted by molar-refractivity contribution is 0.160. The Morgan fingerprint density at radius 1 is 1.11 bits per heavy atom. The number of benzene rings is 1. The number of hydrogen-bond donors (Lipinski definition) is 2. The number of fused-ring (bicyclic) bond motifs is 1. The smallest absolute Gasteiger partial charge is 0.244 e. The number of furan rings is 1. The van der Waals surface area contributed by atoms with Gasteiger partial charge in [-0.3, -0.25) is 4.90 Å². The Morgan fingerprint density at radius 3 is 2.82 bits per heavy atom. The molecular formula is C19H19N3O6. The van der Waals surface area contributed by atoms with Gasteiger partial charge in [-0.05, 0) is 36.8 Å². The Morgan fingerprint density at radius 2 is 1.96 bits per heavy atom. The molecule has 5 rings (SSSR count). The average Bonchev–Trinajstić information content (AvgIpc) is 3.48. The summed E-state index contributed by atoms with van der Waals surface area (Å²) < 4.78 is 21.8. The number of likely N-dealkylation sites (tertiary alicyclic amines) is 1. The number of ether oxygens (including phenoxy) is 2. The highest BCUT2D eigenvalue weighted by molar-refractivity contribution is 5.61. The van der Waals surface area contributed by atoms with Crippen LogP contribution in [0.25, 0.3) is 11.4 Å². The zero-order valence-corrected chi connectivity index (χ0v) is 14.9. The van der Waals surface area contributed by atoms with Crippen molar-refractivity contribution in [3.8, 4) is 22.9 Å². The number of aliphatic hydroxyl groups excluding tert-OH is 2. The quantitative estimate of drug-likeness (QED) is 0.679. The minimum Gasteiger partial charge on any atom is -0.462 e. The highest BCUT2D eigenvalue weighted by Gasteiger charge is 2.36. The van der Waals surface area contributed by atoms with Gasteiger partial charge in [0.05, 0.1) is 18.7 Å². The van der Waals surface area contributed by atoms with E-state index in [1.165, 1.54) is 0 Å². The summed E-state index contributed by atoms with van der Waals surface area (Å²) in [6.45, 7) is 1.01. The first kappa shape index (κ1) is 17.2. The van der Waals surface area contributed by atoms with Crippen molar-refractivity contribution in [2.24, 2.45) is 0 Å². The van der Waals surface area contributed by atoms with E-state index in [1.807, 2.05) is 29.2 Å². The highest BCUT2D eigenvalue weighted by atomic mass is 16.7. The molecule has 9 heteroatoms. The molecule has 0 radical (unpaired) electrons. The molecule has 2 aromatic heterocycles. The fourth-order valence-electron chi connectivity index (χ4n) is 3.63. The first-order valence-corrected chi connectivity index (χ1v) is 9.04. The van der Waals surface area contributed by atoms with Gasteiger partial charge in [-0.2, -0.15) is 4.98 Å². The van der Waals surface area contributed by atoms with Gasteiger partial charge in [-0.1, -0.05) is 5.16 Å². The molecule has 3 aromatic rings. The van der Waals surface area contributed by atoms with E-state index in [-0.39, 0.29) is 19.4 Å². The van der Waals surface area contributed by atoms with Crippen LogP contribution >= 0.6 is 0 Å². The minimum atomic E-state index is -0.488. The molecule has 0 saturated carbocycles. The van der Waals surface area contributed by atoms with Gasteiger partial charge in [0.2, 0.25) is 18.5 Å². The van der Waals surface area contributed by atoms with Gasteiger partial charge in [-0.15, -0.1) is 0 Å². The SMILES string of the molecule is OCc1ccc(CN2C[C@H](O)C[C@H]2c2nc(-c3ccc4c(c3)OCO4)no2)o1. The van der Waals surface area contributed by atoms with E-state index in [0.29, 0.717) is 54.2 Å². The van der Waals surface area contributed by atoms with Crippen molar-refractivity contribution in [1.29, 1.82) is 0 Å². The second-order valence-corrected chi connectivity index (χ2v) is 6.89. The van der Waals surface area contributed by atoms with Crippen molar-refractivity contribution >= 4 is 0 Å². The predicted octanol–water partition coefficient (Wildman–Crippen LogP) is 1.86. The zero-order chi connectivity index (χ0) is 19.1. The van der Waals surface area contributed by atoms with E-state index in [1.54, 1.807) is 6.07 Å². The third-order valence-electron chi connectivity index (χ3n) is 4.97. The lowest BCUT2D eigenvalue weighted by atomic mass is 10.2. The summed E-state index contributed by atoms with van der Waals surface area (Å²) in [5, 5.41) is 23.4. The van der Waals surface area contributed by atoms with Gasteiger partial charge in [0.15, 0.2) is 11.5 Å². The maximum absolute atomic E-state index is 10.2. The van der Waals surface area contributed by atoms with Crippen LogP contribution in [0.15, 0.2) is 39.3 Å². The monoisotopic (exact) mass is 385 g/mol. The van der Waals surface area contributed by atoms with E-state index in [9.17, 15) is 5.11 Å². The summed E-state index contributed by atoms with van der Waals surface area (Å²) in [4.78, 5) is 6.57. The first-order valence-electron chi connectivity index (χ1n) is 9.04. The molecule has 146 valence electrons. The number of aliphatic hydroxyl groups is 2. The van der Waals surface area contributed by atoms with Crippen LogP contribution < -0.4 is 9.47 Å². The Kier molecular flexibility index (Phi) is 4.27. The molecule has 1 aromatic carbocycles. The van der Waals surface area contributed by atoms with Gasteiger partial charge in [0.1, 0.15) is 18.1 Å². The second kappa shape index (κ2) is 6.93. The van der Waals surface area contributed by atoms with Crippen LogP contribution in [-0.4, -0.2) is 44.7 Å². The van der Waals surface area contributed by atoms with Crippen molar-refractivity contribution in [3.63, 3.8) is 0 Å². The van der Waals surface area contributed by atoms with Crippen LogP contribution in [0.3, 0.4) is 0 Å². The number of nitrogens with zero attached hydrogens (tertiary/aromatic N) is 3. The average molecular weight is 385 g/mol. The normalized spacial score (nSPS) is 21.5. The predicted molar refractivity (Wildman–Crippen MR) is 94.3 cm³/mol. The molecule has 2 atom stereocenters. The van der Waals surface area contributed by atoms with Crippen molar-refractivity contribution in [1.82, 2.24) is 15.0 Å². The fourth-order valence-corrected chi connectivity index (χ4v) is 3.63. The molecule has 2 aliphatic rings. The molecule has 28 heavy (non-hydrogen) atoms. The summed E-state index contributed by atoms with van der Waals surface area (Å²) in [5.74, 6) is 3.46. The van der Waals surface area contributed by atoms with Crippen LogP contribution in [0.2, 0.25) is 0 Å². The third kappa shape index (κ3) is 3.13. The van der Waals surface area contributed by atoms with Crippen molar-refractivity contribution < 1.29 is 28.6 Å². The Bertz CT molecular complexity index is 984. The molecule has 0 spiro atoms. The fraction of sp³-hybridized carbons (Fsp3) is 0.368. The number of hydrogen-bond acceptors (Lipinski definition) is 9. The van der Waals surface area contributed by atoms with Crippen molar-refractivity contribution in [3.05, 3.63) is 47.7 Å². The molecule has 0 aliphatic carbocycles. The van der Waals surface area contributed by atoms with E-state index < -0.39 is 6.10 Å². The maximum Gasteiger partial charge on any atom is 0.244 e. The summed E-state index contributed by atoms with van der Waals surface area (Å²) >= 11 is 0. The Labute approximate surface area is 160 Å². The van der Waals surface area contributed by atoms with Crippen LogP contribution in [0.5, 0.6) is 11.5 Å². The van der Waals surface area contributed by atoms with Gasteiger partial charge in [0, 0.05) is 12.1 Å². The van der Waals surface area contributed by atoms with E-state index >= 15 is 0 Å². The van der Waals surface area contributed by atoms with Crippen molar-refractivity contribution in [2.75, 3.05) is 13.3 Å². The van der Waals surface area contributed by atoms with Gasteiger partial charge in [-0.25, -0.2) is 0 Å². The maximum atomic E-state index is 10.2. The van der Waals surface area contributed by atoms with Crippen LogP contribution in [0.1, 0.15) is 29.9 Å². The third-order valence-corrected chi connectivity index (χ3v) is 4.97. The number of rotatable bonds is 5. The lowest BCUT2D eigenvalue weighted by Gasteiger charge is -2.19. The van der Waals surface area contributed by atoms with Crippen LogP contribution in [0, 0.1) is 0 Å². The van der Waals surface area contributed by atoms with Gasteiger partial charge in [0.25, 0.3) is 0 Å². The van der Waals surface area contributed by atoms with E-state index in [4.69, 9.17) is 23.5 Å². The molecule has 0 amide bonds. The Balaban J connectivity index is 1.37. The molecule has 2 aliphatic heterocycles. The lowest BCUT2D eigenvalue weighted by Crippen LogP contribution is -2.24. The highest BCUT2D eigenvalue weighted by Crippen LogP contribution is 2.37. The van der Waals surface area contributed by atoms with Gasteiger partial charge < -0.3 is 28.6 Å². The molecule has 1 fully saturated rings. The van der Waals surface area contributed by atoms with Gasteiger partial charge >= 0.3 is 0 Å². The van der Waals surface area contributed by atoms with Crippen LogP contribution in [0.4, 0.5) is 0 Å². The zero-order valence-electron chi connectivity index (χ0n) is 14.9. The first-order chi connectivity index (χ1) is 13.7. The summed E-state index contributed by atoms with van der Waals surface area (Å²) in [7, 11) is 0. The summed E-state index contributed by atoms with van der Waals surface area (Å²) in [6, 6.07) is 8.82. The number of β-amino-alcohol motifs (C(OH)–C–C–N with tert-alkyl or cyclic N) is 1.